The molecule has 1 aliphatic heterocycles. The number of benzene rings is 1. The van der Waals surface area contributed by atoms with E-state index < -0.39 is 0 Å². The maximum absolute atomic E-state index is 13.4. The first-order valence-electron chi connectivity index (χ1n) is 5.42. The Bertz CT molecular complexity index is 351. The lowest BCUT2D eigenvalue weighted by Crippen LogP contribution is -2.22. The summed E-state index contributed by atoms with van der Waals surface area (Å²) < 4.78 is 13.4. The monoisotopic (exact) mass is 208 g/mol. The van der Waals surface area contributed by atoms with Gasteiger partial charge >= 0.3 is 0 Å². The molecule has 3 heteroatoms. The van der Waals surface area contributed by atoms with E-state index in [1.54, 1.807) is 13.0 Å². The average Bonchev–Trinajstić information content (AvgIpc) is 2.70. The predicted molar refractivity (Wildman–Crippen MR) is 60.5 cm³/mol. The van der Waals surface area contributed by atoms with E-state index in [0.29, 0.717) is 11.5 Å². The van der Waals surface area contributed by atoms with Gasteiger partial charge in [-0.2, -0.15) is 0 Å². The summed E-state index contributed by atoms with van der Waals surface area (Å²) in [5.74, 6) is 0.443. The molecule has 1 aromatic rings. The number of anilines is 1. The van der Waals surface area contributed by atoms with E-state index in [1.807, 2.05) is 12.1 Å². The molecule has 1 heterocycles. The average molecular weight is 208 g/mol. The Morgan fingerprint density at radius 1 is 1.53 bits per heavy atom. The molecule has 1 fully saturated rings. The zero-order chi connectivity index (χ0) is 10.8. The normalized spacial score (nSPS) is 21.0. The molecule has 1 aliphatic rings. The molecular formula is C12H17FN2. The summed E-state index contributed by atoms with van der Waals surface area (Å²) >= 11 is 0. The molecule has 0 amide bonds. The summed E-state index contributed by atoms with van der Waals surface area (Å²) in [4.78, 5) is 2.21. The number of halogens is 1. The number of rotatable bonds is 2. The first-order valence-corrected chi connectivity index (χ1v) is 5.42. The maximum Gasteiger partial charge on any atom is 0.128 e. The van der Waals surface area contributed by atoms with Crippen molar-refractivity contribution in [1.29, 1.82) is 0 Å². The Morgan fingerprint density at radius 2 is 2.33 bits per heavy atom. The van der Waals surface area contributed by atoms with Gasteiger partial charge in [0.25, 0.3) is 0 Å². The molecule has 0 spiro atoms. The van der Waals surface area contributed by atoms with E-state index in [1.165, 1.54) is 0 Å². The molecule has 15 heavy (non-hydrogen) atoms. The SMILES string of the molecule is Cc1ccc(N2CCC(CN)C2)cc1F. The number of nitrogens with two attached hydrogens (primary N) is 1. The van der Waals surface area contributed by atoms with Crippen LogP contribution in [0, 0.1) is 18.7 Å². The lowest BCUT2D eigenvalue weighted by Gasteiger charge is -2.18. The van der Waals surface area contributed by atoms with Crippen LogP contribution >= 0.6 is 0 Å². The Hall–Kier alpha value is -1.09. The van der Waals surface area contributed by atoms with Gasteiger partial charge in [0.05, 0.1) is 0 Å². The highest BCUT2D eigenvalue weighted by Crippen LogP contribution is 2.24. The van der Waals surface area contributed by atoms with Gasteiger partial charge in [-0.15, -0.1) is 0 Å². The predicted octanol–water partition coefficient (Wildman–Crippen LogP) is 1.92. The molecule has 1 unspecified atom stereocenters. The summed E-state index contributed by atoms with van der Waals surface area (Å²) in [6, 6.07) is 5.44. The fourth-order valence-electron chi connectivity index (χ4n) is 2.04. The zero-order valence-corrected chi connectivity index (χ0v) is 9.04. The second-order valence-corrected chi connectivity index (χ2v) is 4.27. The van der Waals surface area contributed by atoms with Gasteiger partial charge < -0.3 is 10.6 Å². The number of aryl methyl sites for hydroxylation is 1. The van der Waals surface area contributed by atoms with Crippen molar-refractivity contribution in [2.24, 2.45) is 11.7 Å². The van der Waals surface area contributed by atoms with Crippen LogP contribution in [-0.4, -0.2) is 19.6 Å². The molecule has 82 valence electrons. The van der Waals surface area contributed by atoms with E-state index in [9.17, 15) is 4.39 Å². The smallest absolute Gasteiger partial charge is 0.128 e. The van der Waals surface area contributed by atoms with Crippen molar-refractivity contribution in [3.8, 4) is 0 Å². The van der Waals surface area contributed by atoms with Gasteiger partial charge in [-0.1, -0.05) is 6.07 Å². The lowest BCUT2D eigenvalue weighted by atomic mass is 10.1. The van der Waals surface area contributed by atoms with E-state index in [0.717, 1.165) is 31.7 Å². The second kappa shape index (κ2) is 4.19. The molecule has 2 nitrogen and oxygen atoms in total. The van der Waals surface area contributed by atoms with E-state index in [2.05, 4.69) is 4.90 Å². The van der Waals surface area contributed by atoms with Gasteiger partial charge in [-0.05, 0) is 43.5 Å². The quantitative estimate of drug-likeness (QED) is 0.804. The van der Waals surface area contributed by atoms with Gasteiger partial charge in [0.1, 0.15) is 5.82 Å². The van der Waals surface area contributed by atoms with Crippen molar-refractivity contribution in [3.05, 3.63) is 29.6 Å². The topological polar surface area (TPSA) is 29.3 Å². The summed E-state index contributed by atoms with van der Waals surface area (Å²) in [7, 11) is 0. The Labute approximate surface area is 89.9 Å². The number of hydrogen-bond donors (Lipinski definition) is 1. The summed E-state index contributed by atoms with van der Waals surface area (Å²) in [6.07, 6.45) is 1.12. The van der Waals surface area contributed by atoms with Gasteiger partial charge in [0.2, 0.25) is 0 Å². The van der Waals surface area contributed by atoms with E-state index >= 15 is 0 Å². The van der Waals surface area contributed by atoms with Gasteiger partial charge in [-0.3, -0.25) is 0 Å². The molecule has 0 radical (unpaired) electrons. The van der Waals surface area contributed by atoms with Crippen molar-refractivity contribution in [2.75, 3.05) is 24.5 Å². The van der Waals surface area contributed by atoms with Crippen LogP contribution in [0.2, 0.25) is 0 Å². The lowest BCUT2D eigenvalue weighted by molar-refractivity contribution is 0.601. The molecule has 2 rings (SSSR count). The molecule has 0 aliphatic carbocycles. The number of nitrogens with zero attached hydrogens (tertiary/aromatic N) is 1. The van der Waals surface area contributed by atoms with Crippen molar-refractivity contribution < 1.29 is 4.39 Å². The first-order chi connectivity index (χ1) is 7.20. The molecule has 0 bridgehead atoms. The molecule has 1 atom stereocenters. The van der Waals surface area contributed by atoms with Crippen LogP contribution in [0.4, 0.5) is 10.1 Å². The van der Waals surface area contributed by atoms with Gasteiger partial charge in [0.15, 0.2) is 0 Å². The van der Waals surface area contributed by atoms with Crippen molar-refractivity contribution in [1.82, 2.24) is 0 Å². The third-order valence-electron chi connectivity index (χ3n) is 3.14. The minimum Gasteiger partial charge on any atom is -0.371 e. The van der Waals surface area contributed by atoms with Crippen LogP contribution in [-0.2, 0) is 0 Å². The zero-order valence-electron chi connectivity index (χ0n) is 9.04. The van der Waals surface area contributed by atoms with Crippen LogP contribution in [0.25, 0.3) is 0 Å². The van der Waals surface area contributed by atoms with Gasteiger partial charge in [0, 0.05) is 18.8 Å². The van der Waals surface area contributed by atoms with Crippen LogP contribution in [0.5, 0.6) is 0 Å². The standard InChI is InChI=1S/C12H17FN2/c1-9-2-3-11(6-12(9)13)15-5-4-10(7-14)8-15/h2-3,6,10H,4-5,7-8,14H2,1H3. The van der Waals surface area contributed by atoms with Crippen molar-refractivity contribution in [2.45, 2.75) is 13.3 Å². The minimum atomic E-state index is -0.122. The van der Waals surface area contributed by atoms with Crippen LogP contribution in [0.1, 0.15) is 12.0 Å². The minimum absolute atomic E-state index is 0.122. The Balaban J connectivity index is 2.13. The summed E-state index contributed by atoms with van der Waals surface area (Å²) in [6.45, 7) is 4.46. The maximum atomic E-state index is 13.4. The van der Waals surface area contributed by atoms with Crippen LogP contribution < -0.4 is 10.6 Å². The van der Waals surface area contributed by atoms with Crippen LogP contribution in [0.3, 0.4) is 0 Å². The molecule has 1 aromatic carbocycles. The Morgan fingerprint density at radius 3 is 2.93 bits per heavy atom. The molecule has 2 N–H and O–H groups in total. The third-order valence-corrected chi connectivity index (χ3v) is 3.14. The van der Waals surface area contributed by atoms with Crippen molar-refractivity contribution >= 4 is 5.69 Å². The molecule has 0 aromatic heterocycles. The molecular weight excluding hydrogens is 191 g/mol. The Kier molecular flexibility index (Phi) is 2.91. The third kappa shape index (κ3) is 2.12. The van der Waals surface area contributed by atoms with E-state index in [-0.39, 0.29) is 5.82 Å². The van der Waals surface area contributed by atoms with Crippen LogP contribution in [0.15, 0.2) is 18.2 Å². The fraction of sp³-hybridized carbons (Fsp3) is 0.500. The summed E-state index contributed by atoms with van der Waals surface area (Å²) in [5.41, 5.74) is 7.31. The second-order valence-electron chi connectivity index (χ2n) is 4.27. The largest absolute Gasteiger partial charge is 0.371 e. The highest BCUT2D eigenvalue weighted by Gasteiger charge is 2.21. The van der Waals surface area contributed by atoms with Crippen molar-refractivity contribution in [3.63, 3.8) is 0 Å². The fourth-order valence-corrected chi connectivity index (χ4v) is 2.04. The highest BCUT2D eigenvalue weighted by molar-refractivity contribution is 5.49. The molecule has 0 saturated carbocycles. The number of hydrogen-bond acceptors (Lipinski definition) is 2. The van der Waals surface area contributed by atoms with Gasteiger partial charge in [-0.25, -0.2) is 4.39 Å². The molecule has 1 saturated heterocycles. The van der Waals surface area contributed by atoms with E-state index in [4.69, 9.17) is 5.73 Å². The highest BCUT2D eigenvalue weighted by atomic mass is 19.1. The summed E-state index contributed by atoms with van der Waals surface area (Å²) in [5, 5.41) is 0. The first kappa shape index (κ1) is 10.4.